The van der Waals surface area contributed by atoms with Crippen LogP contribution in [-0.4, -0.2) is 62.6 Å². The van der Waals surface area contributed by atoms with Gasteiger partial charge in [0.25, 0.3) is 5.91 Å². The molecule has 1 amide bonds. The number of nitrogens with zero attached hydrogens (tertiary/aromatic N) is 2. The van der Waals surface area contributed by atoms with Gasteiger partial charge in [-0.15, -0.1) is 0 Å². The molecule has 1 atom stereocenters. The first kappa shape index (κ1) is 29.0. The van der Waals surface area contributed by atoms with Crippen molar-refractivity contribution in [3.8, 4) is 5.75 Å². The van der Waals surface area contributed by atoms with Crippen molar-refractivity contribution in [3.05, 3.63) is 40.6 Å². The molecule has 0 spiro atoms. The van der Waals surface area contributed by atoms with Gasteiger partial charge in [-0.2, -0.15) is 4.98 Å². The lowest BCUT2D eigenvalue weighted by Gasteiger charge is -2.21. The molecule has 2 rings (SSSR count). The number of amides is 1. The Kier molecular flexibility index (Phi) is 10.6. The largest absolute Gasteiger partial charge is 0.496 e. The van der Waals surface area contributed by atoms with Crippen molar-refractivity contribution in [2.75, 3.05) is 30.9 Å². The third kappa shape index (κ3) is 9.10. The Labute approximate surface area is 209 Å². The predicted molar refractivity (Wildman–Crippen MR) is 135 cm³/mol. The highest BCUT2D eigenvalue weighted by Crippen LogP contribution is 2.34. The molecule has 36 heavy (non-hydrogen) atoms. The lowest BCUT2D eigenvalue weighted by atomic mass is 9.99. The van der Waals surface area contributed by atoms with Crippen molar-refractivity contribution in [1.29, 1.82) is 0 Å². The van der Waals surface area contributed by atoms with Gasteiger partial charge < -0.3 is 36.0 Å². The van der Waals surface area contributed by atoms with E-state index in [4.69, 9.17) is 20.3 Å². The molecule has 198 valence electrons. The van der Waals surface area contributed by atoms with E-state index in [0.29, 0.717) is 40.4 Å². The summed E-state index contributed by atoms with van der Waals surface area (Å²) < 4.78 is 16.5. The molecule has 0 saturated heterocycles. The van der Waals surface area contributed by atoms with Gasteiger partial charge in [0.15, 0.2) is 0 Å². The van der Waals surface area contributed by atoms with Gasteiger partial charge in [-0.3, -0.25) is 14.2 Å². The molecular weight excluding hydrogens is 489 g/mol. The summed E-state index contributed by atoms with van der Waals surface area (Å²) in [4.78, 5) is 50.4. The average molecular weight is 524 g/mol. The number of nitrogen functional groups attached to an aromatic ring is 1. The van der Waals surface area contributed by atoms with Gasteiger partial charge in [-0.25, -0.2) is 4.98 Å². The molecule has 0 saturated carbocycles. The Bertz CT molecular complexity index is 1120. The molecule has 7 N–H and O–H groups in total. The molecule has 0 radical (unpaired) electrons. The zero-order valence-corrected chi connectivity index (χ0v) is 21.5. The lowest BCUT2D eigenvalue weighted by Crippen LogP contribution is -2.25. The van der Waals surface area contributed by atoms with Gasteiger partial charge in [-0.05, 0) is 43.5 Å². The Morgan fingerprint density at radius 3 is 2.58 bits per heavy atom. The molecule has 0 aliphatic heterocycles. The fourth-order valence-corrected chi connectivity index (χ4v) is 4.33. The first-order valence-electron chi connectivity index (χ1n) is 11.5. The van der Waals surface area contributed by atoms with Crippen LogP contribution in [0.3, 0.4) is 0 Å². The van der Waals surface area contributed by atoms with E-state index in [-0.39, 0.29) is 44.0 Å². The van der Waals surface area contributed by atoms with E-state index in [2.05, 4.69) is 20.6 Å². The van der Waals surface area contributed by atoms with Crippen LogP contribution in [0, 0.1) is 6.92 Å². The van der Waals surface area contributed by atoms with Crippen molar-refractivity contribution < 1.29 is 33.8 Å². The molecule has 2 aromatic rings. The standard InChI is InChI=1S/C23H34N5O7P/c1-4-6-17(13-20(29)30)27-21-18(14(2)26-23(24)28-21)12-16-11-15(7-8-19(16)35-3)22(31)25-9-5-10-36(32,33)34/h7-8,11,17H,4-6,9-10,12-13H2,1-3H3,(H,25,31)(H,29,30)(H2,32,33,34)(H3,24,26,27,28)/t17-/m0/s1. The maximum absolute atomic E-state index is 12.6. The number of nitrogens with two attached hydrogens (primary N) is 1. The Morgan fingerprint density at radius 1 is 1.25 bits per heavy atom. The number of carboxylic acids is 1. The Morgan fingerprint density at radius 2 is 1.97 bits per heavy atom. The van der Waals surface area contributed by atoms with Crippen LogP contribution in [0.1, 0.15) is 59.8 Å². The van der Waals surface area contributed by atoms with Crippen LogP contribution in [0.2, 0.25) is 0 Å². The molecule has 0 fully saturated rings. The first-order chi connectivity index (χ1) is 16.9. The van der Waals surface area contributed by atoms with Gasteiger partial charge in [0, 0.05) is 35.8 Å². The quantitative estimate of drug-likeness (QED) is 0.157. The SMILES string of the molecule is CCC[C@@H](CC(=O)O)Nc1nc(N)nc(C)c1Cc1cc(C(=O)NCCCP(=O)(O)O)ccc1OC. The molecule has 0 bridgehead atoms. The smallest absolute Gasteiger partial charge is 0.325 e. The summed E-state index contributed by atoms with van der Waals surface area (Å²) in [5.74, 6) is -0.306. The summed E-state index contributed by atoms with van der Waals surface area (Å²) in [5.41, 5.74) is 8.18. The predicted octanol–water partition coefficient (Wildman–Crippen LogP) is 2.32. The average Bonchev–Trinajstić information content (AvgIpc) is 2.77. The van der Waals surface area contributed by atoms with Crippen LogP contribution in [0.25, 0.3) is 0 Å². The molecule has 1 aromatic carbocycles. The highest BCUT2D eigenvalue weighted by molar-refractivity contribution is 7.51. The minimum atomic E-state index is -4.12. The topological polar surface area (TPSA) is 197 Å². The Balaban J connectivity index is 2.31. The minimum absolute atomic E-state index is 0.0553. The van der Waals surface area contributed by atoms with Crippen molar-refractivity contribution in [2.24, 2.45) is 0 Å². The fourth-order valence-electron chi connectivity index (χ4n) is 3.76. The van der Waals surface area contributed by atoms with Gasteiger partial charge in [0.05, 0.1) is 19.7 Å². The fraction of sp³-hybridized carbons (Fsp3) is 0.478. The van der Waals surface area contributed by atoms with Crippen LogP contribution in [0.5, 0.6) is 5.75 Å². The Hall–Kier alpha value is -3.21. The molecule has 12 nitrogen and oxygen atoms in total. The number of rotatable bonds is 14. The van der Waals surface area contributed by atoms with E-state index in [1.165, 1.54) is 7.11 Å². The normalized spacial score (nSPS) is 12.1. The highest BCUT2D eigenvalue weighted by atomic mass is 31.2. The number of carboxylic acid groups (broad SMARTS) is 1. The van der Waals surface area contributed by atoms with E-state index in [1.54, 1.807) is 25.1 Å². The summed E-state index contributed by atoms with van der Waals surface area (Å²) in [5, 5.41) is 15.1. The van der Waals surface area contributed by atoms with Crippen molar-refractivity contribution in [1.82, 2.24) is 15.3 Å². The minimum Gasteiger partial charge on any atom is -0.496 e. The summed E-state index contributed by atoms with van der Waals surface area (Å²) in [6.45, 7) is 3.85. The van der Waals surface area contributed by atoms with Crippen LogP contribution >= 0.6 is 7.60 Å². The lowest BCUT2D eigenvalue weighted by molar-refractivity contribution is -0.137. The number of anilines is 2. The summed E-state index contributed by atoms with van der Waals surface area (Å²) in [7, 11) is -2.61. The third-order valence-electron chi connectivity index (χ3n) is 5.45. The molecule has 13 heteroatoms. The van der Waals surface area contributed by atoms with Gasteiger partial charge in [-0.1, -0.05) is 13.3 Å². The molecule has 0 unspecified atom stereocenters. The number of ether oxygens (including phenoxy) is 1. The van der Waals surface area contributed by atoms with Gasteiger partial charge in [0.2, 0.25) is 5.95 Å². The molecule has 1 aromatic heterocycles. The van der Waals surface area contributed by atoms with Crippen molar-refractivity contribution in [2.45, 2.75) is 52.0 Å². The van der Waals surface area contributed by atoms with Crippen LogP contribution in [0.15, 0.2) is 18.2 Å². The summed E-state index contributed by atoms with van der Waals surface area (Å²) in [6, 6.07) is 4.56. The maximum atomic E-state index is 12.6. The summed E-state index contributed by atoms with van der Waals surface area (Å²) >= 11 is 0. The second-order valence-corrected chi connectivity index (χ2v) is 10.2. The number of hydrogen-bond acceptors (Lipinski definition) is 8. The number of methoxy groups -OCH3 is 1. The van der Waals surface area contributed by atoms with E-state index >= 15 is 0 Å². The molecule has 1 heterocycles. The molecule has 0 aliphatic carbocycles. The monoisotopic (exact) mass is 523 g/mol. The second kappa shape index (κ2) is 13.2. The maximum Gasteiger partial charge on any atom is 0.325 e. The number of hydrogen-bond donors (Lipinski definition) is 6. The van der Waals surface area contributed by atoms with Crippen LogP contribution < -0.4 is 21.1 Å². The number of benzene rings is 1. The second-order valence-electron chi connectivity index (χ2n) is 8.42. The zero-order chi connectivity index (χ0) is 26.9. The van der Waals surface area contributed by atoms with E-state index in [0.717, 1.165) is 6.42 Å². The van der Waals surface area contributed by atoms with Crippen molar-refractivity contribution >= 4 is 31.2 Å². The van der Waals surface area contributed by atoms with Crippen molar-refractivity contribution in [3.63, 3.8) is 0 Å². The van der Waals surface area contributed by atoms with Gasteiger partial charge in [0.1, 0.15) is 11.6 Å². The molecule has 0 aliphatic rings. The number of aliphatic carboxylic acids is 1. The van der Waals surface area contributed by atoms with Gasteiger partial charge >= 0.3 is 13.6 Å². The van der Waals surface area contributed by atoms with E-state index < -0.39 is 19.5 Å². The number of carbonyl (C=O) groups excluding carboxylic acids is 1. The number of aryl methyl sites for hydroxylation is 1. The summed E-state index contributed by atoms with van der Waals surface area (Å²) in [6.07, 6.45) is 1.42. The highest BCUT2D eigenvalue weighted by Gasteiger charge is 2.20. The zero-order valence-electron chi connectivity index (χ0n) is 20.7. The number of nitrogens with one attached hydrogen (secondary N) is 2. The number of carbonyl (C=O) groups is 2. The van der Waals surface area contributed by atoms with E-state index in [1.807, 2.05) is 6.92 Å². The first-order valence-corrected chi connectivity index (χ1v) is 13.3. The van der Waals surface area contributed by atoms with Crippen LogP contribution in [0.4, 0.5) is 11.8 Å². The third-order valence-corrected chi connectivity index (χ3v) is 6.35. The molecular formula is C23H34N5O7P. The number of aromatic nitrogens is 2. The van der Waals surface area contributed by atoms with Crippen LogP contribution in [-0.2, 0) is 15.8 Å². The van der Waals surface area contributed by atoms with E-state index in [9.17, 15) is 19.3 Å².